The number of hydrogen-bond donors (Lipinski definition) is 2. The van der Waals surface area contributed by atoms with Crippen LogP contribution in [0.15, 0.2) is 34.7 Å². The van der Waals surface area contributed by atoms with E-state index < -0.39 is 24.0 Å². The molecule has 1 aromatic heterocycles. The molecule has 0 fully saturated rings. The predicted molar refractivity (Wildman–Crippen MR) is 117 cm³/mol. The summed E-state index contributed by atoms with van der Waals surface area (Å²) in [4.78, 5) is 36.1. The molecule has 162 valence electrons. The highest BCUT2D eigenvalue weighted by Crippen LogP contribution is 2.44. The van der Waals surface area contributed by atoms with Gasteiger partial charge in [-0.15, -0.1) is 24.8 Å². The smallest absolute Gasteiger partial charge is 0.328 e. The Morgan fingerprint density at radius 1 is 0.867 bits per heavy atom. The normalized spacial score (nSPS) is 12.4. The standard InChI is InChI=1S/C20H20N2O6.2ClH/c1-9(21)19(24)27-16-12-6-4-5-7-13(12)17(28-20(25)10(2)22)18-14(16)8-15(26-18)11(3)23;;/h4-10H,21-22H2,1-3H3;2*1H/t9-,10?;;/m0../s1. The quantitative estimate of drug-likeness (QED) is 0.339. The van der Waals surface area contributed by atoms with Gasteiger partial charge in [0, 0.05) is 17.7 Å². The Hall–Kier alpha value is -2.65. The van der Waals surface area contributed by atoms with Crippen LogP contribution >= 0.6 is 24.8 Å². The molecule has 0 saturated heterocycles. The summed E-state index contributed by atoms with van der Waals surface area (Å²) in [5, 5.41) is 1.26. The molecule has 4 N–H and O–H groups in total. The van der Waals surface area contributed by atoms with Gasteiger partial charge in [-0.1, -0.05) is 24.3 Å². The maximum Gasteiger partial charge on any atom is 0.328 e. The second kappa shape index (κ2) is 9.90. The van der Waals surface area contributed by atoms with Crippen molar-refractivity contribution in [1.82, 2.24) is 0 Å². The molecule has 0 aliphatic carbocycles. The fraction of sp³-hybridized carbons (Fsp3) is 0.250. The van der Waals surface area contributed by atoms with E-state index in [4.69, 9.17) is 25.4 Å². The lowest BCUT2D eigenvalue weighted by Gasteiger charge is -2.14. The van der Waals surface area contributed by atoms with Crippen molar-refractivity contribution in [3.63, 3.8) is 0 Å². The van der Waals surface area contributed by atoms with Crippen molar-refractivity contribution in [2.45, 2.75) is 32.9 Å². The SMILES string of the molecule is CC(=O)c1cc2c(OC(=O)[C@H](C)N)c3ccccc3c(OC(=O)C(C)N)c2o1.Cl.Cl. The zero-order valence-electron chi connectivity index (χ0n) is 16.5. The van der Waals surface area contributed by atoms with Crippen LogP contribution in [0, 0.1) is 0 Å². The molecule has 0 saturated carbocycles. The number of Topliss-reactive ketones (excluding diaryl/α,β-unsaturated/α-hetero) is 1. The summed E-state index contributed by atoms with van der Waals surface area (Å²) in [5.74, 6) is -1.37. The van der Waals surface area contributed by atoms with E-state index in [0.29, 0.717) is 16.2 Å². The van der Waals surface area contributed by atoms with Gasteiger partial charge in [-0.25, -0.2) is 9.59 Å². The summed E-state index contributed by atoms with van der Waals surface area (Å²) >= 11 is 0. The van der Waals surface area contributed by atoms with E-state index in [-0.39, 0.29) is 53.4 Å². The molecule has 1 heterocycles. The van der Waals surface area contributed by atoms with Crippen molar-refractivity contribution in [3.05, 3.63) is 36.1 Å². The van der Waals surface area contributed by atoms with Crippen LogP contribution in [0.5, 0.6) is 11.5 Å². The first-order valence-electron chi connectivity index (χ1n) is 8.64. The number of furan rings is 1. The van der Waals surface area contributed by atoms with Crippen LogP contribution in [-0.2, 0) is 9.59 Å². The third-order valence-electron chi connectivity index (χ3n) is 4.10. The third-order valence-corrected chi connectivity index (χ3v) is 4.10. The average molecular weight is 457 g/mol. The number of ether oxygens (including phenoxy) is 2. The van der Waals surface area contributed by atoms with Crippen LogP contribution in [-0.4, -0.2) is 29.8 Å². The summed E-state index contributed by atoms with van der Waals surface area (Å²) < 4.78 is 16.6. The first-order valence-corrected chi connectivity index (χ1v) is 8.64. The Bertz CT molecular complexity index is 1030. The summed E-state index contributed by atoms with van der Waals surface area (Å²) in [6, 6.07) is 6.55. The van der Waals surface area contributed by atoms with Crippen molar-refractivity contribution < 1.29 is 28.3 Å². The van der Waals surface area contributed by atoms with Crippen LogP contribution < -0.4 is 20.9 Å². The van der Waals surface area contributed by atoms with Crippen LogP contribution in [0.3, 0.4) is 0 Å². The minimum absolute atomic E-state index is 0. The molecule has 0 radical (unpaired) electrons. The lowest BCUT2D eigenvalue weighted by molar-refractivity contribution is -0.136. The van der Waals surface area contributed by atoms with Crippen LogP contribution in [0.25, 0.3) is 21.7 Å². The molecule has 0 amide bonds. The van der Waals surface area contributed by atoms with Crippen LogP contribution in [0.1, 0.15) is 31.3 Å². The maximum atomic E-state index is 12.1. The molecule has 0 spiro atoms. The summed E-state index contributed by atoms with van der Waals surface area (Å²) in [5.41, 5.74) is 11.3. The fourth-order valence-electron chi connectivity index (χ4n) is 2.65. The minimum Gasteiger partial charge on any atom is -0.449 e. The maximum absolute atomic E-state index is 12.1. The number of esters is 2. The zero-order chi connectivity index (χ0) is 20.6. The number of rotatable bonds is 5. The monoisotopic (exact) mass is 456 g/mol. The van der Waals surface area contributed by atoms with Gasteiger partial charge in [0.25, 0.3) is 0 Å². The number of halogens is 2. The van der Waals surface area contributed by atoms with Crippen molar-refractivity contribution in [2.24, 2.45) is 11.5 Å². The summed E-state index contributed by atoms with van der Waals surface area (Å²) in [6.07, 6.45) is 0. The zero-order valence-corrected chi connectivity index (χ0v) is 18.1. The molecule has 3 aromatic rings. The number of fused-ring (bicyclic) bond motifs is 2. The fourth-order valence-corrected chi connectivity index (χ4v) is 2.65. The topological polar surface area (TPSA) is 135 Å². The van der Waals surface area contributed by atoms with Crippen molar-refractivity contribution >= 4 is 64.3 Å². The molecule has 0 aliphatic heterocycles. The molecular weight excluding hydrogens is 435 g/mol. The number of carbonyl (C=O) groups excluding carboxylic acids is 3. The molecule has 8 nitrogen and oxygen atoms in total. The van der Waals surface area contributed by atoms with E-state index in [1.807, 2.05) is 0 Å². The molecular formula is C20H22Cl2N2O6. The van der Waals surface area contributed by atoms with Gasteiger partial charge in [-0.3, -0.25) is 4.79 Å². The Labute approximate surface area is 184 Å². The molecule has 2 aromatic carbocycles. The number of benzene rings is 2. The van der Waals surface area contributed by atoms with Gasteiger partial charge in [-0.05, 0) is 19.9 Å². The molecule has 1 unspecified atom stereocenters. The van der Waals surface area contributed by atoms with Crippen molar-refractivity contribution in [2.75, 3.05) is 0 Å². The highest BCUT2D eigenvalue weighted by Gasteiger charge is 2.26. The second-order valence-corrected chi connectivity index (χ2v) is 6.53. The Kier molecular flexibility index (Phi) is 8.38. The molecule has 10 heteroatoms. The van der Waals surface area contributed by atoms with E-state index in [2.05, 4.69) is 0 Å². The van der Waals surface area contributed by atoms with Crippen LogP contribution in [0.2, 0.25) is 0 Å². The number of ketones is 1. The number of nitrogens with two attached hydrogens (primary N) is 2. The number of hydrogen-bond acceptors (Lipinski definition) is 8. The summed E-state index contributed by atoms with van der Waals surface area (Å²) in [6.45, 7) is 4.32. The minimum atomic E-state index is -0.869. The largest absolute Gasteiger partial charge is 0.449 e. The number of carbonyl (C=O) groups is 3. The molecule has 30 heavy (non-hydrogen) atoms. The highest BCUT2D eigenvalue weighted by atomic mass is 35.5. The lowest BCUT2D eigenvalue weighted by atomic mass is 10.0. The van der Waals surface area contributed by atoms with Crippen LogP contribution in [0.4, 0.5) is 0 Å². The predicted octanol–water partition coefficient (Wildman–Crippen LogP) is 3.14. The van der Waals surface area contributed by atoms with E-state index in [1.54, 1.807) is 24.3 Å². The van der Waals surface area contributed by atoms with Gasteiger partial charge in [-0.2, -0.15) is 0 Å². The van der Waals surface area contributed by atoms with E-state index in [0.717, 1.165) is 0 Å². The first-order chi connectivity index (χ1) is 13.2. The van der Waals surface area contributed by atoms with Crippen molar-refractivity contribution in [3.8, 4) is 11.5 Å². The molecule has 0 aliphatic rings. The Morgan fingerprint density at radius 3 is 1.80 bits per heavy atom. The van der Waals surface area contributed by atoms with E-state index >= 15 is 0 Å². The van der Waals surface area contributed by atoms with Gasteiger partial charge in [0.2, 0.25) is 0 Å². The average Bonchev–Trinajstić information content (AvgIpc) is 3.09. The Morgan fingerprint density at radius 2 is 1.33 bits per heavy atom. The van der Waals surface area contributed by atoms with Gasteiger partial charge in [0.05, 0.1) is 5.39 Å². The first kappa shape index (κ1) is 25.4. The highest BCUT2D eigenvalue weighted by molar-refractivity contribution is 6.12. The van der Waals surface area contributed by atoms with Gasteiger partial charge in [0.15, 0.2) is 22.9 Å². The van der Waals surface area contributed by atoms with E-state index in [9.17, 15) is 14.4 Å². The summed E-state index contributed by atoms with van der Waals surface area (Å²) in [7, 11) is 0. The van der Waals surface area contributed by atoms with Gasteiger partial charge < -0.3 is 25.4 Å². The molecule has 2 atom stereocenters. The molecule has 3 rings (SSSR count). The second-order valence-electron chi connectivity index (χ2n) is 6.53. The van der Waals surface area contributed by atoms with Gasteiger partial charge >= 0.3 is 11.9 Å². The molecule has 0 bridgehead atoms. The lowest BCUT2D eigenvalue weighted by Crippen LogP contribution is -2.31. The van der Waals surface area contributed by atoms with E-state index in [1.165, 1.54) is 26.8 Å². The Balaban J connectivity index is 0.00000225. The van der Waals surface area contributed by atoms with Crippen molar-refractivity contribution in [1.29, 1.82) is 0 Å². The van der Waals surface area contributed by atoms with Gasteiger partial charge in [0.1, 0.15) is 17.8 Å². The third kappa shape index (κ3) is 4.73.